The first kappa shape index (κ1) is 13.4. The summed E-state index contributed by atoms with van der Waals surface area (Å²) in [5, 5.41) is 2.55. The molecule has 6 heteroatoms. The first-order valence-corrected chi connectivity index (χ1v) is 7.24. The zero-order valence-corrected chi connectivity index (χ0v) is 11.1. The number of hydrogen-bond acceptors (Lipinski definition) is 2. The Morgan fingerprint density at radius 1 is 1.06 bits per heavy atom. The lowest BCUT2D eigenvalue weighted by Crippen LogP contribution is -1.77. The Kier molecular flexibility index (Phi) is 4.73. The van der Waals surface area contributed by atoms with Crippen molar-refractivity contribution in [3.05, 3.63) is 46.9 Å². The van der Waals surface area contributed by atoms with E-state index in [2.05, 4.69) is 56.9 Å². The molecular formula is C10H8BrClO3S. The first-order chi connectivity index (χ1) is 7.38. The van der Waals surface area contributed by atoms with E-state index in [1.165, 1.54) is 10.8 Å². The van der Waals surface area contributed by atoms with Crippen molar-refractivity contribution in [2.75, 3.05) is 0 Å². The summed E-state index contributed by atoms with van der Waals surface area (Å²) in [7, 11) is -0.137. The summed E-state index contributed by atoms with van der Waals surface area (Å²) < 4.78 is 26.3. The summed E-state index contributed by atoms with van der Waals surface area (Å²) in [4.78, 5) is 0. The van der Waals surface area contributed by atoms with E-state index in [9.17, 15) is 0 Å². The molecule has 0 radical (unpaired) electrons. The van der Waals surface area contributed by atoms with Gasteiger partial charge in [-0.15, -0.1) is 0 Å². The van der Waals surface area contributed by atoms with Crippen LogP contribution in [0.15, 0.2) is 46.9 Å². The van der Waals surface area contributed by atoms with Crippen LogP contribution in [0.25, 0.3) is 10.8 Å². The Morgan fingerprint density at radius 3 is 2.12 bits per heavy atom. The Morgan fingerprint density at radius 2 is 1.56 bits per heavy atom. The number of rotatable bonds is 0. The molecule has 0 aromatic heterocycles. The van der Waals surface area contributed by atoms with E-state index in [-0.39, 0.29) is 0 Å². The van der Waals surface area contributed by atoms with Gasteiger partial charge in [0.05, 0.1) is 0 Å². The van der Waals surface area contributed by atoms with E-state index in [1.54, 1.807) is 0 Å². The van der Waals surface area contributed by atoms with Crippen LogP contribution >= 0.6 is 26.6 Å². The van der Waals surface area contributed by atoms with E-state index in [0.29, 0.717) is 0 Å². The van der Waals surface area contributed by atoms with Crippen molar-refractivity contribution >= 4 is 46.7 Å². The third-order valence-electron chi connectivity index (χ3n) is 1.74. The average Bonchev–Trinajstić information content (AvgIpc) is 2.16. The number of hydrogen-bond donors (Lipinski definition) is 1. The standard InChI is InChI=1S/C10H7Br.ClHO3S/c11-10-7-3-5-8-4-1-2-6-9(8)10;1-5(2,3)4/h1-7H;(H,2,3,4). The van der Waals surface area contributed by atoms with Crippen LogP contribution in [0.1, 0.15) is 0 Å². The molecular weight excluding hydrogens is 316 g/mol. The molecule has 86 valence electrons. The quantitative estimate of drug-likeness (QED) is 0.595. The maximum atomic E-state index is 8.95. The van der Waals surface area contributed by atoms with Crippen molar-refractivity contribution in [2.24, 2.45) is 0 Å². The van der Waals surface area contributed by atoms with Gasteiger partial charge in [0, 0.05) is 15.2 Å². The van der Waals surface area contributed by atoms with Gasteiger partial charge in [-0.25, -0.2) is 0 Å². The van der Waals surface area contributed by atoms with Crippen LogP contribution in [0.5, 0.6) is 0 Å². The van der Waals surface area contributed by atoms with E-state index in [1.807, 2.05) is 12.1 Å². The normalized spacial score (nSPS) is 10.7. The molecule has 0 unspecified atom stereocenters. The highest BCUT2D eigenvalue weighted by Gasteiger charge is 1.93. The van der Waals surface area contributed by atoms with Gasteiger partial charge in [-0.05, 0) is 16.8 Å². The minimum atomic E-state index is -4.19. The second-order valence-electron chi connectivity index (χ2n) is 2.87. The van der Waals surface area contributed by atoms with Gasteiger partial charge >= 0.3 is 9.33 Å². The van der Waals surface area contributed by atoms with Crippen molar-refractivity contribution in [2.45, 2.75) is 0 Å². The minimum absolute atomic E-state index is 1.16. The van der Waals surface area contributed by atoms with E-state index in [0.717, 1.165) is 4.47 Å². The smallest absolute Gasteiger partial charge is 0.273 e. The first-order valence-electron chi connectivity index (χ1n) is 4.18. The van der Waals surface area contributed by atoms with Gasteiger partial charge in [0.2, 0.25) is 0 Å². The summed E-state index contributed by atoms with van der Waals surface area (Å²) >= 11 is 3.50. The molecule has 3 nitrogen and oxygen atoms in total. The second kappa shape index (κ2) is 5.63. The zero-order chi connectivity index (χ0) is 12.2. The molecule has 0 fully saturated rings. The topological polar surface area (TPSA) is 54.4 Å². The molecule has 0 atom stereocenters. The molecule has 0 spiro atoms. The Hall–Kier alpha value is -0.620. The summed E-state index contributed by atoms with van der Waals surface area (Å²) in [6, 6.07) is 14.5. The SMILES string of the molecule is Brc1cccc2ccccc12.O=S(=O)(O)Cl. The van der Waals surface area contributed by atoms with Crippen molar-refractivity contribution in [1.29, 1.82) is 0 Å². The van der Waals surface area contributed by atoms with Gasteiger partial charge in [-0.3, -0.25) is 4.55 Å². The van der Waals surface area contributed by atoms with Crippen molar-refractivity contribution in [3.63, 3.8) is 0 Å². The largest absolute Gasteiger partial charge is 0.353 e. The molecule has 0 aliphatic carbocycles. The van der Waals surface area contributed by atoms with Gasteiger partial charge in [0.25, 0.3) is 0 Å². The van der Waals surface area contributed by atoms with Gasteiger partial charge in [-0.1, -0.05) is 52.3 Å². The van der Waals surface area contributed by atoms with E-state index >= 15 is 0 Å². The maximum Gasteiger partial charge on any atom is 0.353 e. The fraction of sp³-hybridized carbons (Fsp3) is 0. The molecule has 0 saturated heterocycles. The lowest BCUT2D eigenvalue weighted by atomic mass is 10.1. The van der Waals surface area contributed by atoms with Crippen LogP contribution < -0.4 is 0 Å². The highest BCUT2D eigenvalue weighted by Crippen LogP contribution is 2.22. The maximum absolute atomic E-state index is 8.95. The third kappa shape index (κ3) is 4.94. The molecule has 1 N–H and O–H groups in total. The van der Waals surface area contributed by atoms with Gasteiger partial charge < -0.3 is 0 Å². The summed E-state index contributed by atoms with van der Waals surface area (Å²) in [5.74, 6) is 0. The van der Waals surface area contributed by atoms with Crippen LogP contribution in [0.3, 0.4) is 0 Å². The molecule has 2 rings (SSSR count). The number of halogens is 2. The van der Waals surface area contributed by atoms with Crippen molar-refractivity contribution in [1.82, 2.24) is 0 Å². The molecule has 0 aliphatic heterocycles. The zero-order valence-electron chi connectivity index (χ0n) is 7.97. The molecule has 2 aromatic rings. The molecule has 0 bridgehead atoms. The number of fused-ring (bicyclic) bond motifs is 1. The molecule has 0 heterocycles. The van der Waals surface area contributed by atoms with Crippen molar-refractivity contribution in [3.8, 4) is 0 Å². The van der Waals surface area contributed by atoms with Crippen LogP contribution in [-0.2, 0) is 9.33 Å². The average molecular weight is 324 g/mol. The van der Waals surface area contributed by atoms with Crippen LogP contribution in [0, 0.1) is 0 Å². The highest BCUT2D eigenvalue weighted by molar-refractivity contribution is 9.10. The highest BCUT2D eigenvalue weighted by atomic mass is 79.9. The lowest BCUT2D eigenvalue weighted by Gasteiger charge is -1.97. The second-order valence-corrected chi connectivity index (χ2v) is 5.72. The van der Waals surface area contributed by atoms with Gasteiger partial charge in [0.1, 0.15) is 0 Å². The fourth-order valence-electron chi connectivity index (χ4n) is 1.19. The molecule has 0 saturated carbocycles. The van der Waals surface area contributed by atoms with Crippen LogP contribution in [0.2, 0.25) is 0 Å². The van der Waals surface area contributed by atoms with Gasteiger partial charge in [0.15, 0.2) is 0 Å². The van der Waals surface area contributed by atoms with E-state index < -0.39 is 9.33 Å². The molecule has 2 aromatic carbocycles. The monoisotopic (exact) mass is 322 g/mol. The van der Waals surface area contributed by atoms with Crippen LogP contribution in [0.4, 0.5) is 0 Å². The Labute approximate surface area is 106 Å². The Balaban J connectivity index is 0.000000221. The molecule has 0 amide bonds. The summed E-state index contributed by atoms with van der Waals surface area (Å²) in [6.45, 7) is 0. The van der Waals surface area contributed by atoms with Crippen LogP contribution in [-0.4, -0.2) is 13.0 Å². The lowest BCUT2D eigenvalue weighted by molar-refractivity contribution is 0.501. The number of benzene rings is 2. The predicted molar refractivity (Wildman–Crippen MR) is 69.0 cm³/mol. The van der Waals surface area contributed by atoms with Gasteiger partial charge in [-0.2, -0.15) is 8.42 Å². The summed E-state index contributed by atoms with van der Waals surface area (Å²) in [6.07, 6.45) is 0. The fourth-order valence-corrected chi connectivity index (χ4v) is 1.70. The molecule has 16 heavy (non-hydrogen) atoms. The summed E-state index contributed by atoms with van der Waals surface area (Å²) in [5.41, 5.74) is 0. The predicted octanol–water partition coefficient (Wildman–Crippen LogP) is 3.63. The Bertz CT molecular complexity index is 570. The molecule has 0 aliphatic rings. The third-order valence-corrected chi connectivity index (χ3v) is 2.43. The van der Waals surface area contributed by atoms with E-state index in [4.69, 9.17) is 13.0 Å². The van der Waals surface area contributed by atoms with Crippen molar-refractivity contribution < 1.29 is 13.0 Å². The minimum Gasteiger partial charge on any atom is -0.273 e.